The highest BCUT2D eigenvalue weighted by Gasteiger charge is 2.25. The standard InChI is InChI=1S/C13H16BrN3/c1-10-5-4-8-16(10)13-11(9-14)17-7-3-2-6-12(17)15-13/h2-3,6-7,10H,4-5,8-9H2,1H3. The molecule has 0 N–H and O–H groups in total. The van der Waals surface area contributed by atoms with E-state index in [1.807, 2.05) is 6.07 Å². The average Bonchev–Trinajstić information content (AvgIpc) is 2.91. The quantitative estimate of drug-likeness (QED) is 0.793. The average molecular weight is 294 g/mol. The van der Waals surface area contributed by atoms with Crippen LogP contribution in [0.5, 0.6) is 0 Å². The Morgan fingerprint density at radius 1 is 1.47 bits per heavy atom. The zero-order chi connectivity index (χ0) is 11.8. The van der Waals surface area contributed by atoms with Crippen molar-refractivity contribution in [3.8, 4) is 0 Å². The number of anilines is 1. The second-order valence-corrected chi connectivity index (χ2v) is 5.19. The van der Waals surface area contributed by atoms with E-state index < -0.39 is 0 Å². The Kier molecular flexibility index (Phi) is 2.82. The first-order chi connectivity index (χ1) is 8.31. The topological polar surface area (TPSA) is 20.5 Å². The van der Waals surface area contributed by atoms with Crippen molar-refractivity contribution in [2.75, 3.05) is 11.4 Å². The lowest BCUT2D eigenvalue weighted by molar-refractivity contribution is 0.727. The molecule has 4 heteroatoms. The summed E-state index contributed by atoms with van der Waals surface area (Å²) in [5.41, 5.74) is 2.30. The molecule has 2 aromatic rings. The Balaban J connectivity index is 2.15. The molecule has 1 fully saturated rings. The normalized spacial score (nSPS) is 20.4. The number of rotatable bonds is 2. The molecule has 0 amide bonds. The number of nitrogens with zero attached hydrogens (tertiary/aromatic N) is 3. The van der Waals surface area contributed by atoms with Crippen molar-refractivity contribution in [1.82, 2.24) is 9.38 Å². The van der Waals surface area contributed by atoms with Crippen LogP contribution in [0.15, 0.2) is 24.4 Å². The third-order valence-corrected chi connectivity index (χ3v) is 4.09. The van der Waals surface area contributed by atoms with E-state index in [1.54, 1.807) is 0 Å². The summed E-state index contributed by atoms with van der Waals surface area (Å²) in [5.74, 6) is 1.15. The smallest absolute Gasteiger partial charge is 0.152 e. The van der Waals surface area contributed by atoms with Crippen LogP contribution in [-0.2, 0) is 5.33 Å². The van der Waals surface area contributed by atoms with Crippen LogP contribution in [0.3, 0.4) is 0 Å². The van der Waals surface area contributed by atoms with E-state index in [-0.39, 0.29) is 0 Å². The van der Waals surface area contributed by atoms with Gasteiger partial charge in [0.2, 0.25) is 0 Å². The molecule has 1 atom stereocenters. The molecular formula is C13H16BrN3. The molecule has 17 heavy (non-hydrogen) atoms. The molecule has 0 saturated carbocycles. The van der Waals surface area contributed by atoms with E-state index in [9.17, 15) is 0 Å². The van der Waals surface area contributed by atoms with Crippen LogP contribution >= 0.6 is 15.9 Å². The van der Waals surface area contributed by atoms with E-state index in [2.05, 4.69) is 50.5 Å². The molecule has 0 bridgehead atoms. The number of pyridine rings is 1. The van der Waals surface area contributed by atoms with Gasteiger partial charge in [0.05, 0.1) is 5.69 Å². The second kappa shape index (κ2) is 4.33. The molecule has 1 aliphatic rings. The number of hydrogen-bond donors (Lipinski definition) is 0. The highest BCUT2D eigenvalue weighted by atomic mass is 79.9. The molecule has 3 heterocycles. The first-order valence-corrected chi connectivity index (χ1v) is 7.22. The number of halogens is 1. The molecule has 1 aliphatic heterocycles. The van der Waals surface area contributed by atoms with Gasteiger partial charge in [0.15, 0.2) is 5.82 Å². The maximum Gasteiger partial charge on any atom is 0.152 e. The van der Waals surface area contributed by atoms with Gasteiger partial charge in [0, 0.05) is 24.1 Å². The number of fused-ring (bicyclic) bond motifs is 1. The minimum absolute atomic E-state index is 0.609. The summed E-state index contributed by atoms with van der Waals surface area (Å²) in [6, 6.07) is 6.77. The Hall–Kier alpha value is -1.03. The molecular weight excluding hydrogens is 278 g/mol. The van der Waals surface area contributed by atoms with Gasteiger partial charge in [-0.15, -0.1) is 0 Å². The molecule has 0 spiro atoms. The predicted octanol–water partition coefficient (Wildman–Crippen LogP) is 3.22. The van der Waals surface area contributed by atoms with Crippen LogP contribution in [0.1, 0.15) is 25.5 Å². The van der Waals surface area contributed by atoms with E-state index >= 15 is 0 Å². The van der Waals surface area contributed by atoms with Gasteiger partial charge in [-0.1, -0.05) is 22.0 Å². The van der Waals surface area contributed by atoms with Crippen LogP contribution in [0, 0.1) is 0 Å². The number of hydrogen-bond acceptors (Lipinski definition) is 2. The van der Waals surface area contributed by atoms with Gasteiger partial charge in [-0.05, 0) is 31.9 Å². The summed E-state index contributed by atoms with van der Waals surface area (Å²) >= 11 is 3.59. The van der Waals surface area contributed by atoms with E-state index in [0.717, 1.165) is 23.3 Å². The van der Waals surface area contributed by atoms with Crippen LogP contribution in [-0.4, -0.2) is 22.0 Å². The van der Waals surface area contributed by atoms with Crippen molar-refractivity contribution in [2.45, 2.75) is 31.1 Å². The largest absolute Gasteiger partial charge is 0.352 e. The van der Waals surface area contributed by atoms with Crippen LogP contribution in [0.25, 0.3) is 5.65 Å². The maximum absolute atomic E-state index is 4.77. The van der Waals surface area contributed by atoms with E-state index in [1.165, 1.54) is 18.5 Å². The van der Waals surface area contributed by atoms with E-state index in [4.69, 9.17) is 4.98 Å². The molecule has 2 aromatic heterocycles. The van der Waals surface area contributed by atoms with Crippen molar-refractivity contribution >= 4 is 27.4 Å². The van der Waals surface area contributed by atoms with E-state index in [0.29, 0.717) is 6.04 Å². The summed E-state index contributed by atoms with van der Waals surface area (Å²) in [5, 5.41) is 0.844. The Labute approximate surface area is 110 Å². The third kappa shape index (κ3) is 1.75. The summed E-state index contributed by atoms with van der Waals surface area (Å²) in [4.78, 5) is 7.21. The summed E-state index contributed by atoms with van der Waals surface area (Å²) in [6.45, 7) is 3.42. The third-order valence-electron chi connectivity index (χ3n) is 3.56. The van der Waals surface area contributed by atoms with Gasteiger partial charge in [-0.2, -0.15) is 0 Å². The molecule has 1 unspecified atom stereocenters. The van der Waals surface area contributed by atoms with Crippen LogP contribution in [0.4, 0.5) is 5.82 Å². The van der Waals surface area contributed by atoms with Gasteiger partial charge in [-0.25, -0.2) is 4.98 Å². The summed E-state index contributed by atoms with van der Waals surface area (Å²) in [7, 11) is 0. The predicted molar refractivity (Wildman–Crippen MR) is 73.9 cm³/mol. The lowest BCUT2D eigenvalue weighted by Crippen LogP contribution is -2.27. The van der Waals surface area contributed by atoms with Crippen molar-refractivity contribution in [3.63, 3.8) is 0 Å². The van der Waals surface area contributed by atoms with Crippen molar-refractivity contribution in [2.24, 2.45) is 0 Å². The van der Waals surface area contributed by atoms with Crippen molar-refractivity contribution < 1.29 is 0 Å². The summed E-state index contributed by atoms with van der Waals surface area (Å²) < 4.78 is 2.18. The Bertz CT molecular complexity index is 534. The number of alkyl halides is 1. The fraction of sp³-hybridized carbons (Fsp3) is 0.462. The van der Waals surface area contributed by atoms with Crippen molar-refractivity contribution in [1.29, 1.82) is 0 Å². The fourth-order valence-corrected chi connectivity index (χ4v) is 3.16. The number of imidazole rings is 1. The SMILES string of the molecule is CC1CCCN1c1nc2ccccn2c1CBr. The van der Waals surface area contributed by atoms with Crippen LogP contribution in [0.2, 0.25) is 0 Å². The summed E-state index contributed by atoms with van der Waals surface area (Å²) in [6.07, 6.45) is 4.63. The van der Waals surface area contributed by atoms with Gasteiger partial charge in [0.1, 0.15) is 5.65 Å². The number of aromatic nitrogens is 2. The maximum atomic E-state index is 4.77. The van der Waals surface area contributed by atoms with Gasteiger partial charge < -0.3 is 9.30 Å². The zero-order valence-corrected chi connectivity index (χ0v) is 11.5. The lowest BCUT2D eigenvalue weighted by atomic mass is 10.2. The molecule has 0 aromatic carbocycles. The van der Waals surface area contributed by atoms with Gasteiger partial charge in [-0.3, -0.25) is 0 Å². The molecule has 90 valence electrons. The van der Waals surface area contributed by atoms with Crippen LogP contribution < -0.4 is 4.90 Å². The minimum Gasteiger partial charge on any atom is -0.352 e. The van der Waals surface area contributed by atoms with Crippen molar-refractivity contribution in [3.05, 3.63) is 30.1 Å². The highest BCUT2D eigenvalue weighted by Crippen LogP contribution is 2.29. The Morgan fingerprint density at radius 2 is 2.35 bits per heavy atom. The minimum atomic E-state index is 0.609. The molecule has 1 saturated heterocycles. The first-order valence-electron chi connectivity index (χ1n) is 6.10. The second-order valence-electron chi connectivity index (χ2n) is 4.63. The molecule has 3 rings (SSSR count). The fourth-order valence-electron chi connectivity index (χ4n) is 2.64. The zero-order valence-electron chi connectivity index (χ0n) is 9.93. The lowest BCUT2D eigenvalue weighted by Gasteiger charge is -2.22. The monoisotopic (exact) mass is 293 g/mol. The molecule has 0 radical (unpaired) electrons. The molecule has 0 aliphatic carbocycles. The van der Waals surface area contributed by atoms with Gasteiger partial charge in [0.25, 0.3) is 0 Å². The highest BCUT2D eigenvalue weighted by molar-refractivity contribution is 9.08. The Morgan fingerprint density at radius 3 is 3.06 bits per heavy atom. The molecule has 3 nitrogen and oxygen atoms in total. The van der Waals surface area contributed by atoms with Gasteiger partial charge >= 0.3 is 0 Å². The first kappa shape index (κ1) is 11.1.